The standard InChI is InChI=1S/C19H24N2O4S/c1-5-19(3,4)20-17(22)11-24-18(23)15-8-6-7-9-16(15)26-12-14-10-13(2)25-21-14/h6-10H,5,11-12H2,1-4H3,(H,20,22). The molecule has 0 atom stereocenters. The molecule has 1 aromatic carbocycles. The average molecular weight is 376 g/mol. The van der Waals surface area contributed by atoms with Gasteiger partial charge < -0.3 is 14.6 Å². The summed E-state index contributed by atoms with van der Waals surface area (Å²) in [5.74, 6) is 0.490. The summed E-state index contributed by atoms with van der Waals surface area (Å²) in [5, 5.41) is 6.78. The van der Waals surface area contributed by atoms with Crippen LogP contribution >= 0.6 is 11.8 Å². The number of hydrogen-bond donors (Lipinski definition) is 1. The molecule has 1 heterocycles. The normalized spacial score (nSPS) is 11.2. The van der Waals surface area contributed by atoms with Crippen molar-refractivity contribution in [3.63, 3.8) is 0 Å². The van der Waals surface area contributed by atoms with E-state index < -0.39 is 5.97 Å². The van der Waals surface area contributed by atoms with Gasteiger partial charge in [0, 0.05) is 22.3 Å². The Kier molecular flexibility index (Phi) is 6.85. The molecular formula is C19H24N2O4S. The van der Waals surface area contributed by atoms with Crippen LogP contribution in [0.25, 0.3) is 0 Å². The average Bonchev–Trinajstić information content (AvgIpc) is 3.03. The number of rotatable bonds is 8. The van der Waals surface area contributed by atoms with E-state index in [9.17, 15) is 9.59 Å². The van der Waals surface area contributed by atoms with Crippen molar-refractivity contribution in [3.05, 3.63) is 47.3 Å². The minimum absolute atomic E-state index is 0.302. The summed E-state index contributed by atoms with van der Waals surface area (Å²) in [6.07, 6.45) is 0.785. The fourth-order valence-electron chi connectivity index (χ4n) is 2.11. The van der Waals surface area contributed by atoms with E-state index in [0.29, 0.717) is 11.3 Å². The molecular weight excluding hydrogens is 352 g/mol. The molecule has 1 aromatic heterocycles. The number of ether oxygens (including phenoxy) is 1. The highest BCUT2D eigenvalue weighted by Gasteiger charge is 2.20. The maximum absolute atomic E-state index is 12.4. The molecule has 7 heteroatoms. The predicted molar refractivity (Wildman–Crippen MR) is 100 cm³/mol. The fourth-order valence-corrected chi connectivity index (χ4v) is 3.03. The van der Waals surface area contributed by atoms with Crippen molar-refractivity contribution in [2.45, 2.75) is 50.3 Å². The van der Waals surface area contributed by atoms with E-state index in [-0.39, 0.29) is 18.1 Å². The Balaban J connectivity index is 1.95. The smallest absolute Gasteiger partial charge is 0.339 e. The first-order valence-corrected chi connectivity index (χ1v) is 9.41. The largest absolute Gasteiger partial charge is 0.452 e. The topological polar surface area (TPSA) is 81.4 Å². The summed E-state index contributed by atoms with van der Waals surface area (Å²) in [6, 6.07) is 9.00. The Labute approximate surface area is 157 Å². The number of amides is 1. The van der Waals surface area contributed by atoms with Crippen molar-refractivity contribution >= 4 is 23.6 Å². The van der Waals surface area contributed by atoms with Gasteiger partial charge in [-0.25, -0.2) is 4.79 Å². The van der Waals surface area contributed by atoms with Crippen molar-refractivity contribution in [3.8, 4) is 0 Å². The molecule has 2 rings (SSSR count). The Morgan fingerprint density at radius 3 is 2.69 bits per heavy atom. The number of esters is 1. The molecule has 0 unspecified atom stereocenters. The van der Waals surface area contributed by atoms with Crippen molar-refractivity contribution in [2.24, 2.45) is 0 Å². The number of carbonyl (C=O) groups excluding carboxylic acids is 2. The SMILES string of the molecule is CCC(C)(C)NC(=O)COC(=O)c1ccccc1SCc1cc(C)on1. The molecule has 140 valence electrons. The molecule has 0 radical (unpaired) electrons. The van der Waals surface area contributed by atoms with Gasteiger partial charge in [-0.2, -0.15) is 0 Å². The zero-order chi connectivity index (χ0) is 19.2. The van der Waals surface area contributed by atoms with Crippen molar-refractivity contribution in [1.29, 1.82) is 0 Å². The minimum atomic E-state index is -0.520. The number of nitrogens with one attached hydrogen (secondary N) is 1. The lowest BCUT2D eigenvalue weighted by Crippen LogP contribution is -2.44. The summed E-state index contributed by atoms with van der Waals surface area (Å²) >= 11 is 1.47. The molecule has 0 spiro atoms. The summed E-state index contributed by atoms with van der Waals surface area (Å²) in [4.78, 5) is 25.1. The van der Waals surface area contributed by atoms with Gasteiger partial charge in [0.1, 0.15) is 5.76 Å². The third-order valence-corrected chi connectivity index (χ3v) is 4.96. The van der Waals surface area contributed by atoms with Gasteiger partial charge in [-0.15, -0.1) is 11.8 Å². The number of hydrogen-bond acceptors (Lipinski definition) is 6. The Morgan fingerprint density at radius 2 is 2.04 bits per heavy atom. The molecule has 2 aromatic rings. The predicted octanol–water partition coefficient (Wildman–Crippen LogP) is 3.74. The van der Waals surface area contributed by atoms with Crippen LogP contribution in [0.4, 0.5) is 0 Å². The fraction of sp³-hybridized carbons (Fsp3) is 0.421. The van der Waals surface area contributed by atoms with E-state index in [2.05, 4.69) is 10.5 Å². The van der Waals surface area contributed by atoms with Gasteiger partial charge in [0.05, 0.1) is 11.3 Å². The van der Waals surface area contributed by atoms with Crippen LogP contribution in [0, 0.1) is 6.92 Å². The van der Waals surface area contributed by atoms with Crippen LogP contribution in [-0.4, -0.2) is 29.2 Å². The third kappa shape index (κ3) is 5.91. The maximum Gasteiger partial charge on any atom is 0.339 e. The zero-order valence-electron chi connectivity index (χ0n) is 15.5. The molecule has 26 heavy (non-hydrogen) atoms. The monoisotopic (exact) mass is 376 g/mol. The first kappa shape index (κ1) is 20.0. The van der Waals surface area contributed by atoms with E-state index in [4.69, 9.17) is 9.26 Å². The lowest BCUT2D eigenvalue weighted by Gasteiger charge is -2.24. The molecule has 0 saturated heterocycles. The van der Waals surface area contributed by atoms with Crippen LogP contribution in [0.1, 0.15) is 49.0 Å². The number of aryl methyl sites for hydroxylation is 1. The summed E-state index contributed by atoms with van der Waals surface area (Å²) in [5.41, 5.74) is 0.907. The van der Waals surface area contributed by atoms with Crippen LogP contribution in [0.2, 0.25) is 0 Å². The van der Waals surface area contributed by atoms with E-state index in [1.54, 1.807) is 12.1 Å². The highest BCUT2D eigenvalue weighted by molar-refractivity contribution is 7.98. The third-order valence-electron chi connectivity index (χ3n) is 3.86. The van der Waals surface area contributed by atoms with Crippen LogP contribution < -0.4 is 5.32 Å². The van der Waals surface area contributed by atoms with Gasteiger partial charge in [-0.05, 0) is 39.3 Å². The van der Waals surface area contributed by atoms with Crippen LogP contribution in [0.3, 0.4) is 0 Å². The van der Waals surface area contributed by atoms with Gasteiger partial charge >= 0.3 is 5.97 Å². The van der Waals surface area contributed by atoms with Gasteiger partial charge in [0.25, 0.3) is 5.91 Å². The van der Waals surface area contributed by atoms with Crippen molar-refractivity contribution in [1.82, 2.24) is 10.5 Å². The van der Waals surface area contributed by atoms with Crippen molar-refractivity contribution in [2.75, 3.05) is 6.61 Å². The molecule has 1 amide bonds. The van der Waals surface area contributed by atoms with Crippen LogP contribution in [0.15, 0.2) is 39.8 Å². The highest BCUT2D eigenvalue weighted by Crippen LogP contribution is 2.26. The zero-order valence-corrected chi connectivity index (χ0v) is 16.3. The molecule has 1 N–H and O–H groups in total. The summed E-state index contributed by atoms with van der Waals surface area (Å²) in [6.45, 7) is 7.35. The molecule has 0 aliphatic carbocycles. The van der Waals surface area contributed by atoms with Gasteiger partial charge in [0.15, 0.2) is 6.61 Å². The number of nitrogens with zero attached hydrogens (tertiary/aromatic N) is 1. The number of benzene rings is 1. The number of carbonyl (C=O) groups is 2. The Morgan fingerprint density at radius 1 is 1.31 bits per heavy atom. The first-order chi connectivity index (χ1) is 12.3. The maximum atomic E-state index is 12.4. The van der Waals surface area contributed by atoms with Crippen LogP contribution in [-0.2, 0) is 15.3 Å². The lowest BCUT2D eigenvalue weighted by molar-refractivity contribution is -0.125. The molecule has 6 nitrogen and oxygen atoms in total. The van der Waals surface area contributed by atoms with E-state index in [1.165, 1.54) is 11.8 Å². The highest BCUT2D eigenvalue weighted by atomic mass is 32.2. The summed E-state index contributed by atoms with van der Waals surface area (Å²) < 4.78 is 10.2. The second kappa shape index (κ2) is 8.89. The van der Waals surface area contributed by atoms with Gasteiger partial charge in [-0.3, -0.25) is 4.79 Å². The molecule has 0 aliphatic rings. The Hall–Kier alpha value is -2.28. The van der Waals surface area contributed by atoms with Gasteiger partial charge in [0.2, 0.25) is 0 Å². The lowest BCUT2D eigenvalue weighted by atomic mass is 10.0. The molecule has 0 bridgehead atoms. The first-order valence-electron chi connectivity index (χ1n) is 8.43. The van der Waals surface area contributed by atoms with E-state index >= 15 is 0 Å². The number of aromatic nitrogens is 1. The minimum Gasteiger partial charge on any atom is -0.452 e. The van der Waals surface area contributed by atoms with E-state index in [0.717, 1.165) is 22.8 Å². The van der Waals surface area contributed by atoms with Crippen molar-refractivity contribution < 1.29 is 18.8 Å². The number of thioether (sulfide) groups is 1. The Bertz CT molecular complexity index is 770. The summed E-state index contributed by atoms with van der Waals surface area (Å²) in [7, 11) is 0. The second-order valence-electron chi connectivity index (χ2n) is 6.58. The van der Waals surface area contributed by atoms with E-state index in [1.807, 2.05) is 45.9 Å². The molecule has 0 aliphatic heterocycles. The van der Waals surface area contributed by atoms with Crippen LogP contribution in [0.5, 0.6) is 0 Å². The second-order valence-corrected chi connectivity index (χ2v) is 7.59. The molecule has 0 fully saturated rings. The molecule has 0 saturated carbocycles. The quantitative estimate of drug-likeness (QED) is 0.558. The van der Waals surface area contributed by atoms with Gasteiger partial charge in [-0.1, -0.05) is 24.2 Å².